The van der Waals surface area contributed by atoms with Gasteiger partial charge in [0, 0.05) is 32.4 Å². The molecule has 0 spiro atoms. The minimum Gasteiger partial charge on any atom is -0.332 e. The summed E-state index contributed by atoms with van der Waals surface area (Å²) in [4.78, 5) is 23.0. The molecule has 1 aliphatic heterocycles. The van der Waals surface area contributed by atoms with Gasteiger partial charge in [-0.2, -0.15) is 23.4 Å². The Morgan fingerprint density at radius 3 is 2.68 bits per heavy atom. The van der Waals surface area contributed by atoms with Gasteiger partial charge in [-0.1, -0.05) is 0 Å². The third kappa shape index (κ3) is 3.26. The lowest BCUT2D eigenvalue weighted by molar-refractivity contribution is -0.141. The molecular formula is C19H16F3N7OS. The standard InChI is InChI=1S/C19H16F3N7OS/c1-27-13(6-15(26-27)19(20,21)22)16-11-3-4-29(8-12(11)25-28(16)2)18(30)10-5-14-17(23-7-10)24-9-31-14/h5-7,9H,3-4,8H2,1-2H3. The number of hydrogen-bond acceptors (Lipinski definition) is 6. The summed E-state index contributed by atoms with van der Waals surface area (Å²) in [6, 6.07) is 2.81. The predicted octanol–water partition coefficient (Wildman–Crippen LogP) is 3.04. The van der Waals surface area contributed by atoms with Crippen molar-refractivity contribution in [2.24, 2.45) is 14.1 Å². The van der Waals surface area contributed by atoms with Crippen LogP contribution in [0.4, 0.5) is 13.2 Å². The van der Waals surface area contributed by atoms with Crippen molar-refractivity contribution in [1.29, 1.82) is 0 Å². The molecule has 0 atom stereocenters. The fourth-order valence-electron chi connectivity index (χ4n) is 3.89. The van der Waals surface area contributed by atoms with Crippen molar-refractivity contribution in [2.75, 3.05) is 6.54 Å². The van der Waals surface area contributed by atoms with Gasteiger partial charge in [0.1, 0.15) is 0 Å². The Morgan fingerprint density at radius 1 is 1.13 bits per heavy atom. The molecule has 0 aromatic carbocycles. The van der Waals surface area contributed by atoms with Crippen LogP contribution in [-0.4, -0.2) is 46.9 Å². The molecule has 0 unspecified atom stereocenters. The van der Waals surface area contributed by atoms with Crippen LogP contribution in [0.15, 0.2) is 23.8 Å². The van der Waals surface area contributed by atoms with Crippen LogP contribution >= 0.6 is 11.3 Å². The van der Waals surface area contributed by atoms with Gasteiger partial charge in [0.2, 0.25) is 0 Å². The van der Waals surface area contributed by atoms with Crippen molar-refractivity contribution in [3.8, 4) is 11.4 Å². The van der Waals surface area contributed by atoms with Gasteiger partial charge in [-0.05, 0) is 18.6 Å². The number of aromatic nitrogens is 6. The molecule has 31 heavy (non-hydrogen) atoms. The maximum absolute atomic E-state index is 13.1. The highest BCUT2D eigenvalue weighted by Crippen LogP contribution is 2.35. The molecule has 1 amide bonds. The Morgan fingerprint density at radius 2 is 1.94 bits per heavy atom. The normalized spacial score (nSPS) is 14.3. The highest BCUT2D eigenvalue weighted by Gasteiger charge is 2.36. The number of alkyl halides is 3. The quantitative estimate of drug-likeness (QED) is 0.472. The molecule has 0 bridgehead atoms. The number of aryl methyl sites for hydroxylation is 2. The average molecular weight is 447 g/mol. The Kier molecular flexibility index (Phi) is 4.36. The molecule has 12 heteroatoms. The zero-order valence-electron chi connectivity index (χ0n) is 16.5. The van der Waals surface area contributed by atoms with Gasteiger partial charge in [0.15, 0.2) is 11.3 Å². The van der Waals surface area contributed by atoms with E-state index in [1.807, 2.05) is 0 Å². The van der Waals surface area contributed by atoms with Gasteiger partial charge >= 0.3 is 6.18 Å². The number of rotatable bonds is 2. The third-order valence-electron chi connectivity index (χ3n) is 5.34. The summed E-state index contributed by atoms with van der Waals surface area (Å²) in [5.74, 6) is -0.166. The van der Waals surface area contributed by atoms with E-state index in [1.165, 1.54) is 29.3 Å². The van der Waals surface area contributed by atoms with E-state index in [9.17, 15) is 18.0 Å². The van der Waals surface area contributed by atoms with E-state index >= 15 is 0 Å². The first-order valence-corrected chi connectivity index (χ1v) is 10.2. The van der Waals surface area contributed by atoms with Crippen molar-refractivity contribution in [2.45, 2.75) is 19.1 Å². The number of carbonyl (C=O) groups is 1. The topological polar surface area (TPSA) is 81.7 Å². The lowest BCUT2D eigenvalue weighted by Gasteiger charge is -2.26. The molecule has 5 heterocycles. The maximum Gasteiger partial charge on any atom is 0.435 e. The summed E-state index contributed by atoms with van der Waals surface area (Å²) in [7, 11) is 3.16. The van der Waals surface area contributed by atoms with Crippen molar-refractivity contribution < 1.29 is 18.0 Å². The van der Waals surface area contributed by atoms with Gasteiger partial charge in [0.05, 0.1) is 39.4 Å². The van der Waals surface area contributed by atoms with Crippen LogP contribution in [0.1, 0.15) is 27.3 Å². The molecule has 0 saturated carbocycles. The van der Waals surface area contributed by atoms with E-state index in [1.54, 1.807) is 28.2 Å². The second-order valence-electron chi connectivity index (χ2n) is 7.31. The highest BCUT2D eigenvalue weighted by atomic mass is 32.1. The third-order valence-corrected chi connectivity index (χ3v) is 6.10. The molecule has 0 aliphatic carbocycles. The van der Waals surface area contributed by atoms with Crippen LogP contribution in [0.5, 0.6) is 0 Å². The van der Waals surface area contributed by atoms with Crippen LogP contribution in [0, 0.1) is 0 Å². The van der Waals surface area contributed by atoms with E-state index in [0.717, 1.165) is 16.3 Å². The largest absolute Gasteiger partial charge is 0.435 e. The van der Waals surface area contributed by atoms with Gasteiger partial charge < -0.3 is 4.90 Å². The summed E-state index contributed by atoms with van der Waals surface area (Å²) >= 11 is 1.41. The Hall–Kier alpha value is -3.28. The number of fused-ring (bicyclic) bond motifs is 2. The van der Waals surface area contributed by atoms with Gasteiger partial charge in [-0.25, -0.2) is 9.97 Å². The van der Waals surface area contributed by atoms with Crippen LogP contribution in [0.2, 0.25) is 0 Å². The van der Waals surface area contributed by atoms with Gasteiger partial charge in [-0.3, -0.25) is 14.2 Å². The molecule has 0 saturated heterocycles. The highest BCUT2D eigenvalue weighted by molar-refractivity contribution is 7.16. The van der Waals surface area contributed by atoms with Crippen LogP contribution in [0.3, 0.4) is 0 Å². The van der Waals surface area contributed by atoms with E-state index in [2.05, 4.69) is 20.2 Å². The second-order valence-corrected chi connectivity index (χ2v) is 8.19. The number of amides is 1. The molecular weight excluding hydrogens is 431 g/mol. The SMILES string of the molecule is Cn1nc(C(F)(F)F)cc1-c1c2c(nn1C)CN(C(=O)c1cnc3ncsc3c1)CC2. The molecule has 8 nitrogen and oxygen atoms in total. The lowest BCUT2D eigenvalue weighted by Crippen LogP contribution is -2.36. The number of nitrogens with zero attached hydrogens (tertiary/aromatic N) is 7. The van der Waals surface area contributed by atoms with Crippen molar-refractivity contribution in [3.63, 3.8) is 0 Å². The summed E-state index contributed by atoms with van der Waals surface area (Å²) < 4.78 is 42.9. The van der Waals surface area contributed by atoms with Crippen molar-refractivity contribution >= 4 is 27.6 Å². The fraction of sp³-hybridized carbons (Fsp3) is 0.316. The number of carbonyl (C=O) groups excluding carboxylic acids is 1. The molecule has 5 rings (SSSR count). The molecule has 4 aromatic heterocycles. The first kappa shape index (κ1) is 19.7. The molecule has 160 valence electrons. The van der Waals surface area contributed by atoms with E-state index in [-0.39, 0.29) is 12.5 Å². The first-order chi connectivity index (χ1) is 14.7. The molecule has 0 N–H and O–H groups in total. The number of hydrogen-bond donors (Lipinski definition) is 0. The van der Waals surface area contributed by atoms with Gasteiger partial charge in [0.25, 0.3) is 5.91 Å². The minimum atomic E-state index is -4.52. The summed E-state index contributed by atoms with van der Waals surface area (Å²) in [5.41, 5.74) is 4.22. The number of thiazole rings is 1. The summed E-state index contributed by atoms with van der Waals surface area (Å²) in [6.07, 6.45) is -2.53. The predicted molar refractivity (Wildman–Crippen MR) is 106 cm³/mol. The minimum absolute atomic E-state index is 0.166. The summed E-state index contributed by atoms with van der Waals surface area (Å²) in [5, 5.41) is 8.09. The average Bonchev–Trinajstić information content (AvgIpc) is 3.41. The first-order valence-electron chi connectivity index (χ1n) is 9.37. The molecule has 4 aromatic rings. The Bertz CT molecular complexity index is 1320. The van der Waals surface area contributed by atoms with Crippen LogP contribution < -0.4 is 0 Å². The molecule has 0 radical (unpaired) electrons. The Labute approximate surface area is 177 Å². The number of pyridine rings is 1. The zero-order valence-corrected chi connectivity index (χ0v) is 17.3. The van der Waals surface area contributed by atoms with Crippen molar-refractivity contribution in [1.82, 2.24) is 34.4 Å². The van der Waals surface area contributed by atoms with E-state index in [4.69, 9.17) is 0 Å². The van der Waals surface area contributed by atoms with Crippen LogP contribution in [-0.2, 0) is 33.2 Å². The second kappa shape index (κ2) is 6.87. The molecule has 1 aliphatic rings. The van der Waals surface area contributed by atoms with Gasteiger partial charge in [-0.15, -0.1) is 11.3 Å². The fourth-order valence-corrected chi connectivity index (χ4v) is 4.57. The van der Waals surface area contributed by atoms with Crippen molar-refractivity contribution in [3.05, 3.63) is 46.4 Å². The van der Waals surface area contributed by atoms with E-state index < -0.39 is 11.9 Å². The summed E-state index contributed by atoms with van der Waals surface area (Å²) in [6.45, 7) is 0.696. The zero-order chi connectivity index (χ0) is 21.9. The van der Waals surface area contributed by atoms with E-state index in [0.29, 0.717) is 41.3 Å². The molecule has 0 fully saturated rings. The number of halogens is 3. The lowest BCUT2D eigenvalue weighted by atomic mass is 10.0. The Balaban J connectivity index is 1.45. The van der Waals surface area contributed by atoms with Crippen LogP contribution in [0.25, 0.3) is 21.7 Å². The monoisotopic (exact) mass is 447 g/mol. The smallest absolute Gasteiger partial charge is 0.332 e. The maximum atomic E-state index is 13.1.